The van der Waals surface area contributed by atoms with E-state index in [0.717, 1.165) is 23.9 Å². The summed E-state index contributed by atoms with van der Waals surface area (Å²) in [4.78, 5) is 4.56. The Hall–Kier alpha value is -2.39. The predicted molar refractivity (Wildman–Crippen MR) is 89.7 cm³/mol. The molecule has 0 aliphatic rings. The molecule has 0 radical (unpaired) electrons. The van der Waals surface area contributed by atoms with E-state index in [9.17, 15) is 0 Å². The quantitative estimate of drug-likeness (QED) is 0.693. The number of pyridine rings is 1. The zero-order chi connectivity index (χ0) is 15.2. The monoisotopic (exact) mass is 292 g/mol. The maximum atomic E-state index is 5.97. The van der Waals surface area contributed by atoms with Crippen LogP contribution in [0.15, 0.2) is 66.7 Å². The molecule has 0 aliphatic carbocycles. The molecule has 0 saturated heterocycles. The van der Waals surface area contributed by atoms with Crippen LogP contribution < -0.4 is 10.1 Å². The molecule has 22 heavy (non-hydrogen) atoms. The van der Waals surface area contributed by atoms with Gasteiger partial charge in [0.1, 0.15) is 0 Å². The topological polar surface area (TPSA) is 34.1 Å². The smallest absolute Gasteiger partial charge is 0.215 e. The van der Waals surface area contributed by atoms with Gasteiger partial charge in [0.2, 0.25) is 5.88 Å². The van der Waals surface area contributed by atoms with E-state index < -0.39 is 0 Å². The Morgan fingerprint density at radius 2 is 1.73 bits per heavy atom. The van der Waals surface area contributed by atoms with Crippen molar-refractivity contribution in [2.24, 2.45) is 0 Å². The predicted octanol–water partition coefficient (Wildman–Crippen LogP) is 4.14. The molecule has 3 aromatic rings. The average Bonchev–Trinajstić information content (AvgIpc) is 2.59. The molecule has 0 fully saturated rings. The van der Waals surface area contributed by atoms with Gasteiger partial charge in [-0.2, -0.15) is 0 Å². The van der Waals surface area contributed by atoms with E-state index in [4.69, 9.17) is 4.74 Å². The van der Waals surface area contributed by atoms with Crippen molar-refractivity contribution in [3.8, 4) is 5.88 Å². The molecule has 1 atom stereocenters. The fourth-order valence-electron chi connectivity index (χ4n) is 2.36. The van der Waals surface area contributed by atoms with Gasteiger partial charge in [0.05, 0.1) is 5.52 Å². The first-order valence-corrected chi connectivity index (χ1v) is 7.65. The van der Waals surface area contributed by atoms with Crippen LogP contribution in [0.1, 0.15) is 18.9 Å². The maximum absolute atomic E-state index is 5.97. The van der Waals surface area contributed by atoms with Crippen LogP contribution in [0.5, 0.6) is 5.88 Å². The van der Waals surface area contributed by atoms with Crippen LogP contribution in [-0.2, 0) is 6.54 Å². The summed E-state index contributed by atoms with van der Waals surface area (Å²) < 4.78 is 5.97. The third-order valence-corrected chi connectivity index (χ3v) is 3.58. The van der Waals surface area contributed by atoms with Gasteiger partial charge in [-0.25, -0.2) is 4.98 Å². The van der Waals surface area contributed by atoms with Gasteiger partial charge >= 0.3 is 0 Å². The fraction of sp³-hybridized carbons (Fsp3) is 0.211. The number of ether oxygens (including phenoxy) is 1. The highest BCUT2D eigenvalue weighted by Gasteiger charge is 2.08. The van der Waals surface area contributed by atoms with Crippen molar-refractivity contribution in [2.75, 3.05) is 0 Å². The van der Waals surface area contributed by atoms with E-state index in [0.29, 0.717) is 5.88 Å². The summed E-state index contributed by atoms with van der Waals surface area (Å²) in [6.45, 7) is 2.89. The number of fused-ring (bicyclic) bond motifs is 1. The second-order valence-corrected chi connectivity index (χ2v) is 5.22. The van der Waals surface area contributed by atoms with Crippen LogP contribution in [0.2, 0.25) is 0 Å². The summed E-state index contributed by atoms with van der Waals surface area (Å²) in [5.41, 5.74) is 2.20. The standard InChI is InChI=1S/C19H20N2O/c1-2-18(20-14-15-8-4-3-5-9-15)22-19-13-12-16-10-6-7-11-17(16)21-19/h3-13,18,20H,2,14H2,1H3. The van der Waals surface area contributed by atoms with Crippen LogP contribution in [0.4, 0.5) is 0 Å². The molecule has 0 saturated carbocycles. The van der Waals surface area contributed by atoms with E-state index in [-0.39, 0.29) is 6.23 Å². The van der Waals surface area contributed by atoms with Gasteiger partial charge in [0.25, 0.3) is 0 Å². The Balaban J connectivity index is 1.66. The number of nitrogens with one attached hydrogen (secondary N) is 1. The lowest BCUT2D eigenvalue weighted by Gasteiger charge is -2.18. The van der Waals surface area contributed by atoms with Crippen molar-refractivity contribution >= 4 is 10.9 Å². The van der Waals surface area contributed by atoms with Crippen LogP contribution >= 0.6 is 0 Å². The molecule has 3 heteroatoms. The summed E-state index contributed by atoms with van der Waals surface area (Å²) >= 11 is 0. The highest BCUT2D eigenvalue weighted by molar-refractivity contribution is 5.78. The molecule has 0 spiro atoms. The minimum Gasteiger partial charge on any atom is -0.459 e. The van der Waals surface area contributed by atoms with Gasteiger partial charge in [0, 0.05) is 18.0 Å². The zero-order valence-corrected chi connectivity index (χ0v) is 12.7. The normalized spacial score (nSPS) is 12.2. The van der Waals surface area contributed by atoms with Gasteiger partial charge in [-0.05, 0) is 24.1 Å². The van der Waals surface area contributed by atoms with Crippen molar-refractivity contribution in [1.29, 1.82) is 0 Å². The first-order chi connectivity index (χ1) is 10.8. The van der Waals surface area contributed by atoms with Crippen LogP contribution in [0, 0.1) is 0 Å². The number of benzene rings is 2. The maximum Gasteiger partial charge on any atom is 0.215 e. The molecule has 1 heterocycles. The van der Waals surface area contributed by atoms with Gasteiger partial charge in [-0.1, -0.05) is 55.5 Å². The molecule has 3 nitrogen and oxygen atoms in total. The Morgan fingerprint density at radius 3 is 2.55 bits per heavy atom. The van der Waals surface area contributed by atoms with E-state index in [1.807, 2.05) is 48.5 Å². The second kappa shape index (κ2) is 7.05. The van der Waals surface area contributed by atoms with Crippen LogP contribution in [0.3, 0.4) is 0 Å². The third kappa shape index (κ3) is 3.62. The van der Waals surface area contributed by atoms with E-state index in [1.165, 1.54) is 5.56 Å². The molecule has 3 rings (SSSR count). The number of hydrogen-bond donors (Lipinski definition) is 1. The summed E-state index contributed by atoms with van der Waals surface area (Å²) in [5, 5.41) is 4.55. The number of aromatic nitrogens is 1. The first kappa shape index (κ1) is 14.5. The van der Waals surface area contributed by atoms with Gasteiger partial charge < -0.3 is 4.74 Å². The average molecular weight is 292 g/mol. The zero-order valence-electron chi connectivity index (χ0n) is 12.7. The SMILES string of the molecule is CCC(NCc1ccccc1)Oc1ccc2ccccc2n1. The Morgan fingerprint density at radius 1 is 0.955 bits per heavy atom. The minimum atomic E-state index is -0.0473. The molecule has 112 valence electrons. The Bertz CT molecular complexity index is 728. The van der Waals surface area contributed by atoms with E-state index in [2.05, 4.69) is 35.4 Å². The van der Waals surface area contributed by atoms with Crippen molar-refractivity contribution < 1.29 is 4.74 Å². The van der Waals surface area contributed by atoms with E-state index in [1.54, 1.807) is 0 Å². The van der Waals surface area contributed by atoms with Crippen molar-refractivity contribution in [1.82, 2.24) is 10.3 Å². The lowest BCUT2D eigenvalue weighted by molar-refractivity contribution is 0.151. The van der Waals surface area contributed by atoms with Gasteiger partial charge in [-0.3, -0.25) is 5.32 Å². The lowest BCUT2D eigenvalue weighted by atomic mass is 10.2. The minimum absolute atomic E-state index is 0.0473. The second-order valence-electron chi connectivity index (χ2n) is 5.22. The van der Waals surface area contributed by atoms with Crippen molar-refractivity contribution in [3.63, 3.8) is 0 Å². The Kier molecular flexibility index (Phi) is 4.66. The molecule has 1 unspecified atom stereocenters. The van der Waals surface area contributed by atoms with Crippen molar-refractivity contribution in [2.45, 2.75) is 26.1 Å². The number of rotatable bonds is 6. The largest absolute Gasteiger partial charge is 0.459 e. The summed E-state index contributed by atoms with van der Waals surface area (Å²) in [5.74, 6) is 0.658. The van der Waals surface area contributed by atoms with Crippen molar-refractivity contribution in [3.05, 3.63) is 72.3 Å². The molecule has 1 aromatic heterocycles. The molecule has 0 bridgehead atoms. The first-order valence-electron chi connectivity index (χ1n) is 7.65. The molecule has 1 N–H and O–H groups in total. The molecular weight excluding hydrogens is 272 g/mol. The molecular formula is C19H20N2O. The summed E-state index contributed by atoms with van der Waals surface area (Å²) in [6, 6.07) is 22.4. The molecule has 0 aliphatic heterocycles. The number of hydrogen-bond acceptors (Lipinski definition) is 3. The number of nitrogens with zero attached hydrogens (tertiary/aromatic N) is 1. The lowest BCUT2D eigenvalue weighted by Crippen LogP contribution is -2.33. The van der Waals surface area contributed by atoms with E-state index >= 15 is 0 Å². The third-order valence-electron chi connectivity index (χ3n) is 3.58. The highest BCUT2D eigenvalue weighted by atomic mass is 16.5. The highest BCUT2D eigenvalue weighted by Crippen LogP contribution is 2.17. The fourth-order valence-corrected chi connectivity index (χ4v) is 2.36. The Labute approximate surface area is 131 Å². The summed E-state index contributed by atoms with van der Waals surface area (Å²) in [6.07, 6.45) is 0.829. The number of para-hydroxylation sites is 1. The van der Waals surface area contributed by atoms with Gasteiger partial charge in [-0.15, -0.1) is 0 Å². The van der Waals surface area contributed by atoms with Crippen LogP contribution in [0.25, 0.3) is 10.9 Å². The van der Waals surface area contributed by atoms with Crippen LogP contribution in [-0.4, -0.2) is 11.2 Å². The summed E-state index contributed by atoms with van der Waals surface area (Å²) in [7, 11) is 0. The molecule has 2 aromatic carbocycles. The molecule has 0 amide bonds. The van der Waals surface area contributed by atoms with Gasteiger partial charge in [0.15, 0.2) is 6.23 Å².